The van der Waals surface area contributed by atoms with E-state index in [1.54, 1.807) is 24.3 Å². The van der Waals surface area contributed by atoms with E-state index in [0.717, 1.165) is 25.7 Å². The Bertz CT molecular complexity index is 614. The van der Waals surface area contributed by atoms with Gasteiger partial charge in [-0.1, -0.05) is 30.9 Å². The number of hydrogen-bond donors (Lipinski definition) is 4. The number of benzene rings is 1. The van der Waals surface area contributed by atoms with Crippen LogP contribution in [-0.2, 0) is 4.79 Å². The number of halogens is 1. The molecule has 1 aromatic rings. The highest BCUT2D eigenvalue weighted by Crippen LogP contribution is 2.39. The van der Waals surface area contributed by atoms with Gasteiger partial charge in [0.2, 0.25) is 0 Å². The number of carbonyl (C=O) groups is 1. The van der Waals surface area contributed by atoms with Gasteiger partial charge in [-0.05, 0) is 43.0 Å². The molecule has 0 amide bonds. The lowest BCUT2D eigenvalue weighted by Gasteiger charge is -2.24. The molecule has 0 heterocycles. The minimum atomic E-state index is -0.769. The highest BCUT2D eigenvalue weighted by molar-refractivity contribution is 8.00. The minimum Gasteiger partial charge on any atom is -0.491 e. The molecule has 1 saturated carbocycles. The number of aliphatic hydroxyl groups excluding tert-OH is 3. The van der Waals surface area contributed by atoms with E-state index in [0.29, 0.717) is 29.4 Å². The number of ether oxygens (including phenoxy) is 1. The highest BCUT2D eigenvalue weighted by atomic mass is 35.5. The van der Waals surface area contributed by atoms with Crippen molar-refractivity contribution in [2.24, 2.45) is 5.92 Å². The zero-order valence-corrected chi connectivity index (χ0v) is 18.0. The molecule has 0 aromatic heterocycles. The van der Waals surface area contributed by atoms with Crippen LogP contribution in [0.15, 0.2) is 24.3 Å². The molecular weight excluding hydrogens is 416 g/mol. The first-order chi connectivity index (χ1) is 13.9. The molecule has 0 spiro atoms. The van der Waals surface area contributed by atoms with E-state index in [1.165, 1.54) is 11.8 Å². The smallest absolute Gasteiger partial charge is 0.303 e. The second kappa shape index (κ2) is 12.6. The second-order valence-electron chi connectivity index (χ2n) is 7.60. The predicted molar refractivity (Wildman–Crippen MR) is 115 cm³/mol. The van der Waals surface area contributed by atoms with E-state index < -0.39 is 24.3 Å². The van der Waals surface area contributed by atoms with E-state index in [4.69, 9.17) is 21.4 Å². The standard InChI is InChI=1S/C21H31ClO6S/c22-14-7-9-16(10-8-14)28-12-15(23)13-29-21-17(18(24)11-19(21)25)5-3-1-2-4-6-20(26)27/h7-10,15,17-19,21,23-25H,1-6,11-13H2,(H,26,27). The molecule has 5 atom stereocenters. The van der Waals surface area contributed by atoms with Gasteiger partial charge in [0.05, 0.1) is 18.3 Å². The minimum absolute atomic E-state index is 0.0149. The van der Waals surface area contributed by atoms with Gasteiger partial charge in [0.25, 0.3) is 0 Å². The van der Waals surface area contributed by atoms with Crippen molar-refractivity contribution >= 4 is 29.3 Å². The number of rotatable bonds is 13. The average Bonchev–Trinajstić information content (AvgIpc) is 2.94. The fraction of sp³-hybridized carbons (Fsp3) is 0.667. The number of thioether (sulfide) groups is 1. The SMILES string of the molecule is O=C(O)CCCCCCC1C(O)CC(O)C1SCC(O)COc1ccc(Cl)cc1. The fourth-order valence-electron chi connectivity index (χ4n) is 3.66. The summed E-state index contributed by atoms with van der Waals surface area (Å²) in [6, 6.07) is 6.93. The largest absolute Gasteiger partial charge is 0.491 e. The van der Waals surface area contributed by atoms with Crippen molar-refractivity contribution in [1.82, 2.24) is 0 Å². The molecule has 5 unspecified atom stereocenters. The maximum absolute atomic E-state index is 10.5. The Labute approximate surface area is 181 Å². The van der Waals surface area contributed by atoms with Crippen LogP contribution in [-0.4, -0.2) is 62.3 Å². The Morgan fingerprint density at radius 2 is 1.83 bits per heavy atom. The maximum Gasteiger partial charge on any atom is 0.303 e. The molecule has 4 N–H and O–H groups in total. The van der Waals surface area contributed by atoms with E-state index >= 15 is 0 Å². The van der Waals surface area contributed by atoms with Gasteiger partial charge in [-0.2, -0.15) is 11.8 Å². The van der Waals surface area contributed by atoms with E-state index in [1.807, 2.05) is 0 Å². The molecular formula is C21H31ClO6S. The van der Waals surface area contributed by atoms with Gasteiger partial charge in [-0.25, -0.2) is 0 Å². The van der Waals surface area contributed by atoms with Crippen LogP contribution in [0.1, 0.15) is 44.9 Å². The normalized spacial score (nSPS) is 25.1. The van der Waals surface area contributed by atoms with Gasteiger partial charge < -0.3 is 25.2 Å². The lowest BCUT2D eigenvalue weighted by Crippen LogP contribution is -2.28. The van der Waals surface area contributed by atoms with Crippen LogP contribution in [0.25, 0.3) is 0 Å². The molecule has 164 valence electrons. The van der Waals surface area contributed by atoms with Crippen LogP contribution < -0.4 is 4.74 Å². The quantitative estimate of drug-likeness (QED) is 0.344. The molecule has 8 heteroatoms. The zero-order valence-electron chi connectivity index (χ0n) is 16.5. The van der Waals surface area contributed by atoms with Crippen molar-refractivity contribution in [3.8, 4) is 5.75 Å². The van der Waals surface area contributed by atoms with Gasteiger partial charge in [0, 0.05) is 28.9 Å². The van der Waals surface area contributed by atoms with Gasteiger partial charge >= 0.3 is 5.97 Å². The molecule has 1 aromatic carbocycles. The molecule has 2 rings (SSSR count). The predicted octanol–water partition coefficient (Wildman–Crippen LogP) is 3.35. The van der Waals surface area contributed by atoms with E-state index in [2.05, 4.69) is 0 Å². The van der Waals surface area contributed by atoms with Crippen molar-refractivity contribution in [3.05, 3.63) is 29.3 Å². The summed E-state index contributed by atoms with van der Waals surface area (Å²) in [6.07, 6.45) is 2.88. The Morgan fingerprint density at radius 3 is 2.52 bits per heavy atom. The van der Waals surface area contributed by atoms with Crippen molar-refractivity contribution in [3.63, 3.8) is 0 Å². The first kappa shape index (κ1) is 24.3. The third kappa shape index (κ3) is 8.72. The molecule has 1 aliphatic rings. The van der Waals surface area contributed by atoms with E-state index in [9.17, 15) is 20.1 Å². The molecule has 29 heavy (non-hydrogen) atoms. The van der Waals surface area contributed by atoms with Gasteiger partial charge in [0.15, 0.2) is 0 Å². The highest BCUT2D eigenvalue weighted by Gasteiger charge is 2.41. The van der Waals surface area contributed by atoms with Crippen LogP contribution in [0.2, 0.25) is 5.02 Å². The van der Waals surface area contributed by atoms with E-state index in [-0.39, 0.29) is 24.2 Å². The maximum atomic E-state index is 10.5. The number of carboxylic acid groups (broad SMARTS) is 1. The van der Waals surface area contributed by atoms with Crippen LogP contribution in [0.4, 0.5) is 0 Å². The third-order valence-electron chi connectivity index (χ3n) is 5.19. The molecule has 0 aliphatic heterocycles. The van der Waals surface area contributed by atoms with Crippen LogP contribution in [0, 0.1) is 5.92 Å². The van der Waals surface area contributed by atoms with Gasteiger partial charge in [0.1, 0.15) is 12.4 Å². The third-order valence-corrected chi connectivity index (χ3v) is 7.07. The number of unbranched alkanes of at least 4 members (excludes halogenated alkanes) is 3. The lowest BCUT2D eigenvalue weighted by molar-refractivity contribution is -0.137. The Morgan fingerprint density at radius 1 is 1.14 bits per heavy atom. The number of aliphatic carboxylic acids is 1. The van der Waals surface area contributed by atoms with Crippen molar-refractivity contribution in [1.29, 1.82) is 0 Å². The summed E-state index contributed by atoms with van der Waals surface area (Å²) in [6.45, 7) is 0.147. The lowest BCUT2D eigenvalue weighted by atomic mass is 9.97. The summed E-state index contributed by atoms with van der Waals surface area (Å²) in [5, 5.41) is 40.0. The molecule has 0 radical (unpaired) electrons. The number of aliphatic hydroxyl groups is 3. The first-order valence-corrected chi connectivity index (χ1v) is 11.6. The van der Waals surface area contributed by atoms with Crippen LogP contribution in [0.5, 0.6) is 5.75 Å². The summed E-state index contributed by atoms with van der Waals surface area (Å²) >= 11 is 7.32. The Balaban J connectivity index is 1.70. The topological polar surface area (TPSA) is 107 Å². The van der Waals surface area contributed by atoms with Gasteiger partial charge in [-0.15, -0.1) is 0 Å². The van der Waals surface area contributed by atoms with Crippen LogP contribution >= 0.6 is 23.4 Å². The Hall–Kier alpha value is -0.990. The number of hydrogen-bond acceptors (Lipinski definition) is 6. The molecule has 6 nitrogen and oxygen atoms in total. The molecule has 0 saturated heterocycles. The summed E-state index contributed by atoms with van der Waals surface area (Å²) in [5.41, 5.74) is 0. The summed E-state index contributed by atoms with van der Waals surface area (Å²) < 4.78 is 5.56. The first-order valence-electron chi connectivity index (χ1n) is 10.1. The monoisotopic (exact) mass is 446 g/mol. The second-order valence-corrected chi connectivity index (χ2v) is 9.25. The summed E-state index contributed by atoms with van der Waals surface area (Å²) in [7, 11) is 0. The average molecular weight is 447 g/mol. The Kier molecular flexibility index (Phi) is 10.6. The molecule has 1 fully saturated rings. The van der Waals surface area contributed by atoms with Crippen molar-refractivity contribution in [2.45, 2.75) is 68.5 Å². The summed E-state index contributed by atoms with van der Waals surface area (Å²) in [5.74, 6) is 0.265. The fourth-order valence-corrected chi connectivity index (χ4v) is 5.22. The van der Waals surface area contributed by atoms with Crippen molar-refractivity contribution < 1.29 is 30.0 Å². The van der Waals surface area contributed by atoms with Gasteiger partial charge in [-0.3, -0.25) is 4.79 Å². The molecule has 0 bridgehead atoms. The van der Waals surface area contributed by atoms with Crippen molar-refractivity contribution in [2.75, 3.05) is 12.4 Å². The zero-order chi connectivity index (χ0) is 21.2. The molecule has 1 aliphatic carbocycles. The summed E-state index contributed by atoms with van der Waals surface area (Å²) in [4.78, 5) is 10.5. The van der Waals surface area contributed by atoms with Crippen LogP contribution in [0.3, 0.4) is 0 Å². The number of carboxylic acids is 1.